The molecule has 14 heavy (non-hydrogen) atoms. The Balaban J connectivity index is 2.70. The van der Waals surface area contributed by atoms with Crippen molar-refractivity contribution in [3.8, 4) is 0 Å². The van der Waals surface area contributed by atoms with Gasteiger partial charge >= 0.3 is 0 Å². The molecular formula is C12H15NO. The lowest BCUT2D eigenvalue weighted by Crippen LogP contribution is -2.09. The van der Waals surface area contributed by atoms with E-state index < -0.39 is 0 Å². The number of fused-ring (bicyclic) bond motifs is 1. The summed E-state index contributed by atoms with van der Waals surface area (Å²) in [5.41, 5.74) is 8.64. The summed E-state index contributed by atoms with van der Waals surface area (Å²) < 4.78 is 5.48. The lowest BCUT2D eigenvalue weighted by atomic mass is 9.87. The fourth-order valence-corrected chi connectivity index (χ4v) is 1.63. The van der Waals surface area contributed by atoms with Crippen LogP contribution >= 0.6 is 0 Å². The molecular weight excluding hydrogens is 174 g/mol. The van der Waals surface area contributed by atoms with Crippen molar-refractivity contribution in [1.82, 2.24) is 0 Å². The van der Waals surface area contributed by atoms with Crippen LogP contribution in [0.5, 0.6) is 0 Å². The molecule has 1 aromatic heterocycles. The monoisotopic (exact) mass is 189 g/mol. The van der Waals surface area contributed by atoms with Gasteiger partial charge in [-0.15, -0.1) is 0 Å². The van der Waals surface area contributed by atoms with E-state index in [1.54, 1.807) is 0 Å². The number of hydrogen-bond acceptors (Lipinski definition) is 2. The predicted octanol–water partition coefficient (Wildman–Crippen LogP) is 3.31. The van der Waals surface area contributed by atoms with Gasteiger partial charge in [0.1, 0.15) is 5.58 Å². The average molecular weight is 189 g/mol. The van der Waals surface area contributed by atoms with Crippen molar-refractivity contribution in [3.63, 3.8) is 0 Å². The lowest BCUT2D eigenvalue weighted by molar-refractivity contribution is 0.557. The van der Waals surface area contributed by atoms with Gasteiger partial charge in [0.25, 0.3) is 0 Å². The first kappa shape index (κ1) is 9.13. The van der Waals surface area contributed by atoms with Gasteiger partial charge in [-0.2, -0.15) is 0 Å². The van der Waals surface area contributed by atoms with E-state index in [1.165, 1.54) is 5.56 Å². The van der Waals surface area contributed by atoms with Crippen molar-refractivity contribution in [3.05, 3.63) is 30.0 Å². The Morgan fingerprint density at radius 3 is 2.57 bits per heavy atom. The zero-order valence-corrected chi connectivity index (χ0v) is 8.79. The Morgan fingerprint density at radius 1 is 1.21 bits per heavy atom. The van der Waals surface area contributed by atoms with Crippen molar-refractivity contribution in [1.29, 1.82) is 0 Å². The van der Waals surface area contributed by atoms with Gasteiger partial charge in [0, 0.05) is 22.7 Å². The van der Waals surface area contributed by atoms with Gasteiger partial charge in [-0.25, -0.2) is 0 Å². The number of hydrogen-bond donors (Lipinski definition) is 1. The molecule has 0 aliphatic heterocycles. The first-order chi connectivity index (χ1) is 6.48. The van der Waals surface area contributed by atoms with Gasteiger partial charge in [0.15, 0.2) is 0 Å². The van der Waals surface area contributed by atoms with E-state index in [0.717, 1.165) is 16.7 Å². The highest BCUT2D eigenvalue weighted by Crippen LogP contribution is 2.32. The topological polar surface area (TPSA) is 39.2 Å². The van der Waals surface area contributed by atoms with Crippen LogP contribution in [-0.4, -0.2) is 0 Å². The van der Waals surface area contributed by atoms with Crippen LogP contribution in [0.15, 0.2) is 28.9 Å². The van der Waals surface area contributed by atoms with E-state index in [0.29, 0.717) is 0 Å². The van der Waals surface area contributed by atoms with Crippen LogP contribution in [0.1, 0.15) is 26.3 Å². The molecule has 2 aromatic rings. The summed E-state index contributed by atoms with van der Waals surface area (Å²) in [7, 11) is 0. The number of anilines is 1. The molecule has 0 bridgehead atoms. The Labute approximate surface area is 83.7 Å². The van der Waals surface area contributed by atoms with Crippen LogP contribution in [0, 0.1) is 0 Å². The van der Waals surface area contributed by atoms with Crippen LogP contribution in [0.3, 0.4) is 0 Å². The SMILES string of the molecule is CC(C)(C)c1coc2cc(N)ccc12. The van der Waals surface area contributed by atoms with Gasteiger partial charge in [-0.3, -0.25) is 0 Å². The zero-order chi connectivity index (χ0) is 10.3. The summed E-state index contributed by atoms with van der Waals surface area (Å²) in [5.74, 6) is 0. The number of nitrogen functional groups attached to an aromatic ring is 1. The maximum atomic E-state index is 5.68. The van der Waals surface area contributed by atoms with Crippen molar-refractivity contribution >= 4 is 16.7 Å². The highest BCUT2D eigenvalue weighted by Gasteiger charge is 2.19. The molecule has 0 radical (unpaired) electrons. The lowest BCUT2D eigenvalue weighted by Gasteiger charge is -2.16. The smallest absolute Gasteiger partial charge is 0.136 e. The van der Waals surface area contributed by atoms with Crippen molar-refractivity contribution in [2.24, 2.45) is 0 Å². The third-order valence-electron chi connectivity index (χ3n) is 2.41. The molecule has 0 spiro atoms. The second kappa shape index (κ2) is 2.77. The van der Waals surface area contributed by atoms with Crippen LogP contribution in [-0.2, 0) is 5.41 Å². The maximum Gasteiger partial charge on any atom is 0.136 e. The predicted molar refractivity (Wildman–Crippen MR) is 59.3 cm³/mol. The van der Waals surface area contributed by atoms with E-state index in [9.17, 15) is 0 Å². The minimum absolute atomic E-state index is 0.112. The maximum absolute atomic E-state index is 5.68. The number of rotatable bonds is 0. The summed E-state index contributed by atoms with van der Waals surface area (Å²) in [5, 5.41) is 1.16. The third-order valence-corrected chi connectivity index (χ3v) is 2.41. The van der Waals surface area contributed by atoms with Gasteiger partial charge in [-0.05, 0) is 17.5 Å². The van der Waals surface area contributed by atoms with E-state index in [1.807, 2.05) is 24.5 Å². The molecule has 1 heterocycles. The summed E-state index contributed by atoms with van der Waals surface area (Å²) in [4.78, 5) is 0. The summed E-state index contributed by atoms with van der Waals surface area (Å²) in [6.07, 6.45) is 1.82. The van der Waals surface area contributed by atoms with Crippen molar-refractivity contribution < 1.29 is 4.42 Å². The standard InChI is InChI=1S/C12H15NO/c1-12(2,3)10-7-14-11-6-8(13)4-5-9(10)11/h4-7H,13H2,1-3H3. The van der Waals surface area contributed by atoms with Gasteiger partial charge in [0.05, 0.1) is 6.26 Å². The summed E-state index contributed by atoms with van der Waals surface area (Å²) in [6, 6.07) is 5.80. The molecule has 74 valence electrons. The quantitative estimate of drug-likeness (QED) is 0.646. The van der Waals surface area contributed by atoms with E-state index >= 15 is 0 Å². The summed E-state index contributed by atoms with van der Waals surface area (Å²) in [6.45, 7) is 6.52. The Morgan fingerprint density at radius 2 is 1.93 bits per heavy atom. The molecule has 0 saturated carbocycles. The zero-order valence-electron chi connectivity index (χ0n) is 8.79. The molecule has 0 aliphatic rings. The number of furan rings is 1. The van der Waals surface area contributed by atoms with Crippen LogP contribution < -0.4 is 5.73 Å². The third kappa shape index (κ3) is 1.37. The molecule has 2 rings (SSSR count). The minimum atomic E-state index is 0.112. The first-order valence-corrected chi connectivity index (χ1v) is 4.76. The van der Waals surface area contributed by atoms with Gasteiger partial charge in [-0.1, -0.05) is 20.8 Å². The Kier molecular flexibility index (Phi) is 1.81. The molecule has 0 atom stereocenters. The van der Waals surface area contributed by atoms with E-state index in [2.05, 4.69) is 20.8 Å². The van der Waals surface area contributed by atoms with Crippen LogP contribution in [0.4, 0.5) is 5.69 Å². The van der Waals surface area contributed by atoms with E-state index in [4.69, 9.17) is 10.2 Å². The second-order valence-electron chi connectivity index (χ2n) is 4.65. The fraction of sp³-hybridized carbons (Fsp3) is 0.333. The molecule has 0 saturated heterocycles. The molecule has 1 aromatic carbocycles. The largest absolute Gasteiger partial charge is 0.464 e. The number of benzene rings is 1. The minimum Gasteiger partial charge on any atom is -0.464 e. The fourth-order valence-electron chi connectivity index (χ4n) is 1.63. The number of nitrogens with two attached hydrogens (primary N) is 1. The Bertz CT molecular complexity index is 463. The Hall–Kier alpha value is -1.44. The molecule has 0 aliphatic carbocycles. The normalized spacial score (nSPS) is 12.2. The molecule has 0 unspecified atom stereocenters. The molecule has 2 N–H and O–H groups in total. The molecule has 2 heteroatoms. The first-order valence-electron chi connectivity index (χ1n) is 4.76. The van der Waals surface area contributed by atoms with Crippen molar-refractivity contribution in [2.75, 3.05) is 5.73 Å². The van der Waals surface area contributed by atoms with Gasteiger partial charge < -0.3 is 10.2 Å². The second-order valence-corrected chi connectivity index (χ2v) is 4.65. The highest BCUT2D eigenvalue weighted by atomic mass is 16.3. The van der Waals surface area contributed by atoms with E-state index in [-0.39, 0.29) is 5.41 Å². The van der Waals surface area contributed by atoms with Gasteiger partial charge in [0.2, 0.25) is 0 Å². The summed E-state index contributed by atoms with van der Waals surface area (Å²) >= 11 is 0. The van der Waals surface area contributed by atoms with Crippen LogP contribution in [0.25, 0.3) is 11.0 Å². The molecule has 0 amide bonds. The highest BCUT2D eigenvalue weighted by molar-refractivity contribution is 5.84. The molecule has 0 fully saturated rings. The average Bonchev–Trinajstić information content (AvgIpc) is 2.45. The molecule has 2 nitrogen and oxygen atoms in total. The van der Waals surface area contributed by atoms with Crippen LogP contribution in [0.2, 0.25) is 0 Å². The van der Waals surface area contributed by atoms with Crippen molar-refractivity contribution in [2.45, 2.75) is 26.2 Å².